The van der Waals surface area contributed by atoms with Crippen LogP contribution in [0.2, 0.25) is 0 Å². The second kappa shape index (κ2) is 12.9. The Kier molecular flexibility index (Phi) is 10.9. The number of benzene rings is 1. The molecular weight excluding hydrogens is 292 g/mol. The summed E-state index contributed by atoms with van der Waals surface area (Å²) in [5, 5.41) is 18.8. The van der Waals surface area contributed by atoms with Crippen molar-refractivity contribution in [3.63, 3.8) is 0 Å². The fourth-order valence-corrected chi connectivity index (χ4v) is 2.11. The van der Waals surface area contributed by atoms with Crippen molar-refractivity contribution in [1.29, 1.82) is 0 Å². The minimum Gasteiger partial charge on any atom is -0.508 e. The van der Waals surface area contributed by atoms with Crippen LogP contribution in [0.1, 0.15) is 36.0 Å². The van der Waals surface area contributed by atoms with Gasteiger partial charge >= 0.3 is 0 Å². The number of nitrogens with one attached hydrogen (secondary N) is 3. The molecule has 6 nitrogen and oxygen atoms in total. The van der Waals surface area contributed by atoms with Crippen LogP contribution in [0.25, 0.3) is 0 Å². The summed E-state index contributed by atoms with van der Waals surface area (Å²) >= 11 is 0. The summed E-state index contributed by atoms with van der Waals surface area (Å²) in [6.45, 7) is 5.41. The molecule has 0 aliphatic rings. The predicted octanol–water partition coefficient (Wildman–Crippen LogP) is 0.820. The molecule has 1 rings (SSSR count). The van der Waals surface area contributed by atoms with Crippen LogP contribution in [0.3, 0.4) is 0 Å². The molecule has 6 heteroatoms. The van der Waals surface area contributed by atoms with E-state index >= 15 is 0 Å². The molecule has 0 aromatic heterocycles. The quantitative estimate of drug-likeness (QED) is 0.346. The highest BCUT2D eigenvalue weighted by atomic mass is 16.3. The number of rotatable bonds is 13. The van der Waals surface area contributed by atoms with Crippen molar-refractivity contribution in [2.45, 2.75) is 25.7 Å². The topological polar surface area (TPSA) is 99.4 Å². The first kappa shape index (κ1) is 19.4. The molecule has 0 aliphatic heterocycles. The first-order valence-electron chi connectivity index (χ1n) is 8.43. The molecule has 23 heavy (non-hydrogen) atoms. The number of phenolic OH excluding ortho intramolecular Hbond substituents is 1. The minimum absolute atomic E-state index is 0.0958. The van der Waals surface area contributed by atoms with E-state index in [4.69, 9.17) is 5.73 Å². The third-order valence-electron chi connectivity index (χ3n) is 3.46. The van der Waals surface area contributed by atoms with Crippen LogP contribution < -0.4 is 21.7 Å². The van der Waals surface area contributed by atoms with Gasteiger partial charge in [0.1, 0.15) is 5.75 Å². The highest BCUT2D eigenvalue weighted by molar-refractivity contribution is 5.94. The molecule has 0 saturated heterocycles. The number of aromatic hydroxyl groups is 1. The van der Waals surface area contributed by atoms with Gasteiger partial charge < -0.3 is 26.8 Å². The fraction of sp³-hybridized carbons (Fsp3) is 0.588. The Morgan fingerprint density at radius 2 is 1.43 bits per heavy atom. The maximum Gasteiger partial charge on any atom is 0.251 e. The van der Waals surface area contributed by atoms with Crippen molar-refractivity contribution in [3.8, 4) is 5.75 Å². The lowest BCUT2D eigenvalue weighted by Gasteiger charge is -2.07. The van der Waals surface area contributed by atoms with Gasteiger partial charge in [-0.2, -0.15) is 0 Å². The molecule has 0 unspecified atom stereocenters. The van der Waals surface area contributed by atoms with Gasteiger partial charge in [0.15, 0.2) is 0 Å². The summed E-state index contributed by atoms with van der Waals surface area (Å²) in [4.78, 5) is 11.8. The van der Waals surface area contributed by atoms with Crippen molar-refractivity contribution < 1.29 is 9.90 Å². The van der Waals surface area contributed by atoms with Crippen molar-refractivity contribution in [2.24, 2.45) is 5.73 Å². The maximum atomic E-state index is 11.8. The molecule has 0 heterocycles. The van der Waals surface area contributed by atoms with Crippen molar-refractivity contribution in [2.75, 3.05) is 39.3 Å². The highest BCUT2D eigenvalue weighted by Crippen LogP contribution is 2.09. The van der Waals surface area contributed by atoms with Crippen LogP contribution in [0.4, 0.5) is 0 Å². The Morgan fingerprint density at radius 3 is 2.09 bits per heavy atom. The average Bonchev–Trinajstić information content (AvgIpc) is 2.56. The third kappa shape index (κ3) is 9.89. The van der Waals surface area contributed by atoms with Crippen molar-refractivity contribution in [1.82, 2.24) is 16.0 Å². The molecule has 1 aromatic carbocycles. The second-order valence-electron chi connectivity index (χ2n) is 5.51. The van der Waals surface area contributed by atoms with Crippen LogP contribution in [0.5, 0.6) is 5.75 Å². The van der Waals surface area contributed by atoms with Crippen LogP contribution >= 0.6 is 0 Å². The number of phenols is 1. The van der Waals surface area contributed by atoms with Crippen LogP contribution in [0, 0.1) is 0 Å². The lowest BCUT2D eigenvalue weighted by atomic mass is 10.2. The molecule has 6 N–H and O–H groups in total. The Balaban J connectivity index is 1.89. The molecular formula is C17H30N4O2. The van der Waals surface area contributed by atoms with Gasteiger partial charge in [-0.3, -0.25) is 4.79 Å². The average molecular weight is 322 g/mol. The van der Waals surface area contributed by atoms with Crippen LogP contribution in [0.15, 0.2) is 24.3 Å². The minimum atomic E-state index is -0.0958. The molecule has 0 radical (unpaired) electrons. The van der Waals surface area contributed by atoms with Gasteiger partial charge in [-0.05, 0) is 82.7 Å². The summed E-state index contributed by atoms with van der Waals surface area (Å²) < 4.78 is 0. The second-order valence-corrected chi connectivity index (χ2v) is 5.51. The molecule has 0 fully saturated rings. The molecule has 0 atom stereocenters. The summed E-state index contributed by atoms with van der Waals surface area (Å²) in [7, 11) is 0. The number of carbonyl (C=O) groups is 1. The van der Waals surface area contributed by atoms with Gasteiger partial charge in [0.05, 0.1) is 0 Å². The number of hydrogen-bond donors (Lipinski definition) is 5. The summed E-state index contributed by atoms with van der Waals surface area (Å²) in [5.41, 5.74) is 5.99. The van der Waals surface area contributed by atoms with Gasteiger partial charge in [-0.25, -0.2) is 0 Å². The Bertz CT molecular complexity index is 423. The molecule has 0 spiro atoms. The number of unbranched alkanes of at least 4 members (excludes halogenated alkanes) is 1. The van der Waals surface area contributed by atoms with E-state index in [1.807, 2.05) is 0 Å². The number of amides is 1. The van der Waals surface area contributed by atoms with Gasteiger partial charge in [0.25, 0.3) is 5.91 Å². The Hall–Kier alpha value is -1.63. The zero-order chi connectivity index (χ0) is 16.8. The Labute approximate surface area is 138 Å². The van der Waals surface area contributed by atoms with Crippen molar-refractivity contribution in [3.05, 3.63) is 29.8 Å². The molecule has 1 aromatic rings. The zero-order valence-corrected chi connectivity index (χ0v) is 13.8. The lowest BCUT2D eigenvalue weighted by molar-refractivity contribution is 0.0953. The monoisotopic (exact) mass is 322 g/mol. The van der Waals surface area contributed by atoms with E-state index in [0.29, 0.717) is 12.1 Å². The number of carbonyl (C=O) groups excluding carboxylic acids is 1. The standard InChI is InChI=1S/C17H30N4O2/c18-9-3-11-20-13-4-12-19-10-1-2-14-21-17(23)15-5-7-16(22)8-6-15/h5-8,19-20,22H,1-4,9-14,18H2,(H,21,23). The fourth-order valence-electron chi connectivity index (χ4n) is 2.11. The molecule has 0 bridgehead atoms. The van der Waals surface area contributed by atoms with E-state index in [2.05, 4.69) is 16.0 Å². The normalized spacial score (nSPS) is 10.7. The molecule has 0 aliphatic carbocycles. The molecule has 1 amide bonds. The lowest BCUT2D eigenvalue weighted by Crippen LogP contribution is -2.26. The number of hydrogen-bond acceptors (Lipinski definition) is 5. The van der Waals surface area contributed by atoms with Gasteiger partial charge in [-0.15, -0.1) is 0 Å². The van der Waals surface area contributed by atoms with E-state index in [1.54, 1.807) is 12.1 Å². The van der Waals surface area contributed by atoms with E-state index in [-0.39, 0.29) is 11.7 Å². The molecule has 130 valence electrons. The Morgan fingerprint density at radius 1 is 0.870 bits per heavy atom. The maximum absolute atomic E-state index is 11.8. The summed E-state index contributed by atoms with van der Waals surface area (Å²) in [6, 6.07) is 6.27. The smallest absolute Gasteiger partial charge is 0.251 e. The van der Waals surface area contributed by atoms with E-state index in [0.717, 1.165) is 58.4 Å². The van der Waals surface area contributed by atoms with E-state index in [1.165, 1.54) is 12.1 Å². The largest absolute Gasteiger partial charge is 0.508 e. The summed E-state index contributed by atoms with van der Waals surface area (Å²) in [5.74, 6) is 0.0729. The van der Waals surface area contributed by atoms with Crippen LogP contribution in [-0.2, 0) is 0 Å². The van der Waals surface area contributed by atoms with E-state index in [9.17, 15) is 9.90 Å². The highest BCUT2D eigenvalue weighted by Gasteiger charge is 2.03. The first-order valence-corrected chi connectivity index (χ1v) is 8.43. The van der Waals surface area contributed by atoms with E-state index < -0.39 is 0 Å². The number of nitrogens with two attached hydrogens (primary N) is 1. The van der Waals surface area contributed by atoms with Crippen molar-refractivity contribution >= 4 is 5.91 Å². The zero-order valence-electron chi connectivity index (χ0n) is 13.8. The SMILES string of the molecule is NCCCNCCCNCCCCNC(=O)c1ccc(O)cc1. The van der Waals surface area contributed by atoms with Crippen LogP contribution in [-0.4, -0.2) is 50.3 Å². The third-order valence-corrected chi connectivity index (χ3v) is 3.46. The van der Waals surface area contributed by atoms with Gasteiger partial charge in [0.2, 0.25) is 0 Å². The summed E-state index contributed by atoms with van der Waals surface area (Å²) in [6.07, 6.45) is 4.13. The first-order chi connectivity index (χ1) is 11.2. The predicted molar refractivity (Wildman–Crippen MR) is 93.7 cm³/mol. The van der Waals surface area contributed by atoms with Gasteiger partial charge in [-0.1, -0.05) is 0 Å². The molecule has 0 saturated carbocycles. The van der Waals surface area contributed by atoms with Gasteiger partial charge in [0, 0.05) is 12.1 Å².